The van der Waals surface area contributed by atoms with Crippen LogP contribution in [0.4, 0.5) is 0 Å². The van der Waals surface area contributed by atoms with Gasteiger partial charge in [0.15, 0.2) is 8.32 Å². The van der Waals surface area contributed by atoms with Gasteiger partial charge in [0.05, 0.1) is 19.8 Å². The predicted octanol–water partition coefficient (Wildman–Crippen LogP) is 10.1. The van der Waals surface area contributed by atoms with Crippen LogP contribution in [0.3, 0.4) is 0 Å². The molecule has 0 aliphatic heterocycles. The van der Waals surface area contributed by atoms with Crippen molar-refractivity contribution in [2.75, 3.05) is 19.8 Å². The molecule has 0 saturated heterocycles. The standard InChI is InChI=1S/C32H60O3Si/c1-7-8-9-10-11-12-13-14-15-16-17-18-19-23-26-33-28-31(29-35-36(5,6)32(2,3)4)34-27-30-24-21-20-22-25-30/h20-22,24-25,31H,7-19,23,26-29H2,1-6H3. The van der Waals surface area contributed by atoms with Crippen molar-refractivity contribution in [3.05, 3.63) is 35.9 Å². The molecule has 3 nitrogen and oxygen atoms in total. The van der Waals surface area contributed by atoms with Crippen molar-refractivity contribution >= 4 is 8.32 Å². The summed E-state index contributed by atoms with van der Waals surface area (Å²) in [6.45, 7) is 16.4. The van der Waals surface area contributed by atoms with Crippen molar-refractivity contribution in [2.45, 2.75) is 148 Å². The van der Waals surface area contributed by atoms with E-state index in [1.807, 2.05) is 6.07 Å². The van der Waals surface area contributed by atoms with Crippen molar-refractivity contribution < 1.29 is 13.9 Å². The van der Waals surface area contributed by atoms with Gasteiger partial charge in [0.25, 0.3) is 0 Å². The summed E-state index contributed by atoms with van der Waals surface area (Å²) in [6.07, 6.45) is 19.3. The van der Waals surface area contributed by atoms with Gasteiger partial charge in [-0.05, 0) is 30.1 Å². The van der Waals surface area contributed by atoms with E-state index in [1.54, 1.807) is 0 Å². The lowest BCUT2D eigenvalue weighted by atomic mass is 10.0. The fourth-order valence-corrected chi connectivity index (χ4v) is 5.10. The average Bonchev–Trinajstić information content (AvgIpc) is 2.84. The molecule has 1 rings (SSSR count). The molecule has 0 heterocycles. The second-order valence-corrected chi connectivity index (χ2v) is 17.0. The zero-order chi connectivity index (χ0) is 26.5. The Labute approximate surface area is 226 Å². The van der Waals surface area contributed by atoms with Gasteiger partial charge < -0.3 is 13.9 Å². The van der Waals surface area contributed by atoms with Gasteiger partial charge in [-0.1, -0.05) is 141 Å². The van der Waals surface area contributed by atoms with Gasteiger partial charge in [-0.3, -0.25) is 0 Å². The molecule has 0 bridgehead atoms. The lowest BCUT2D eigenvalue weighted by molar-refractivity contribution is -0.0476. The normalized spacial score (nSPS) is 13.3. The topological polar surface area (TPSA) is 27.7 Å². The lowest BCUT2D eigenvalue weighted by Crippen LogP contribution is -2.43. The summed E-state index contributed by atoms with van der Waals surface area (Å²) in [4.78, 5) is 0. The van der Waals surface area contributed by atoms with Crippen LogP contribution in [0, 0.1) is 0 Å². The second kappa shape index (κ2) is 20.3. The van der Waals surface area contributed by atoms with E-state index in [1.165, 1.54) is 89.0 Å². The molecule has 1 aromatic rings. The molecule has 0 spiro atoms. The van der Waals surface area contributed by atoms with Crippen LogP contribution in [0.25, 0.3) is 0 Å². The van der Waals surface area contributed by atoms with Crippen LogP contribution in [-0.2, 0) is 20.5 Å². The maximum Gasteiger partial charge on any atom is 0.192 e. The number of unbranched alkanes of at least 4 members (excludes halogenated alkanes) is 13. The Balaban J connectivity index is 2.14. The second-order valence-electron chi connectivity index (χ2n) is 12.2. The van der Waals surface area contributed by atoms with E-state index < -0.39 is 8.32 Å². The van der Waals surface area contributed by atoms with E-state index in [4.69, 9.17) is 13.9 Å². The highest BCUT2D eigenvalue weighted by molar-refractivity contribution is 6.74. The van der Waals surface area contributed by atoms with Gasteiger partial charge in [-0.2, -0.15) is 0 Å². The molecule has 0 aliphatic rings. The molecular weight excluding hydrogens is 460 g/mol. The Hall–Kier alpha value is -0.683. The van der Waals surface area contributed by atoms with Gasteiger partial charge in [0.2, 0.25) is 0 Å². The molecule has 0 fully saturated rings. The van der Waals surface area contributed by atoms with Gasteiger partial charge in [0.1, 0.15) is 6.10 Å². The van der Waals surface area contributed by atoms with Crippen LogP contribution in [0.5, 0.6) is 0 Å². The molecule has 210 valence electrons. The minimum atomic E-state index is -1.80. The first-order valence-electron chi connectivity index (χ1n) is 15.1. The van der Waals surface area contributed by atoms with Crippen LogP contribution < -0.4 is 0 Å². The predicted molar refractivity (Wildman–Crippen MR) is 159 cm³/mol. The lowest BCUT2D eigenvalue weighted by Gasteiger charge is -2.37. The smallest absolute Gasteiger partial charge is 0.192 e. The Morgan fingerprint density at radius 3 is 1.69 bits per heavy atom. The Bertz CT molecular complexity index is 612. The molecule has 0 saturated carbocycles. The summed E-state index contributed by atoms with van der Waals surface area (Å²) in [5, 5.41) is 0.200. The third kappa shape index (κ3) is 16.9. The Morgan fingerprint density at radius 1 is 0.694 bits per heavy atom. The first kappa shape index (κ1) is 33.3. The summed E-state index contributed by atoms with van der Waals surface area (Å²) in [7, 11) is -1.80. The Kier molecular flexibility index (Phi) is 18.8. The highest BCUT2D eigenvalue weighted by atomic mass is 28.4. The number of rotatable bonds is 23. The summed E-state index contributed by atoms with van der Waals surface area (Å²) < 4.78 is 18.7. The zero-order valence-electron chi connectivity index (χ0n) is 24.9. The summed E-state index contributed by atoms with van der Waals surface area (Å²) >= 11 is 0. The van der Waals surface area contributed by atoms with Gasteiger partial charge >= 0.3 is 0 Å². The average molecular weight is 521 g/mol. The monoisotopic (exact) mass is 520 g/mol. The molecule has 36 heavy (non-hydrogen) atoms. The summed E-state index contributed by atoms with van der Waals surface area (Å²) in [5.41, 5.74) is 1.20. The van der Waals surface area contributed by atoms with E-state index >= 15 is 0 Å². The van der Waals surface area contributed by atoms with Crippen LogP contribution in [0.1, 0.15) is 123 Å². The van der Waals surface area contributed by atoms with Crippen LogP contribution in [0.15, 0.2) is 30.3 Å². The molecule has 1 aromatic carbocycles. The van der Waals surface area contributed by atoms with E-state index in [2.05, 4.69) is 65.1 Å². The van der Waals surface area contributed by atoms with Crippen molar-refractivity contribution in [1.82, 2.24) is 0 Å². The number of hydrogen-bond acceptors (Lipinski definition) is 3. The first-order valence-corrected chi connectivity index (χ1v) is 18.0. The number of ether oxygens (including phenoxy) is 2. The third-order valence-corrected chi connectivity index (χ3v) is 12.2. The van der Waals surface area contributed by atoms with Gasteiger partial charge in [-0.25, -0.2) is 0 Å². The minimum Gasteiger partial charge on any atom is -0.414 e. The van der Waals surface area contributed by atoms with Crippen molar-refractivity contribution in [3.8, 4) is 0 Å². The molecule has 0 radical (unpaired) electrons. The van der Waals surface area contributed by atoms with E-state index in [9.17, 15) is 0 Å². The highest BCUT2D eigenvalue weighted by Gasteiger charge is 2.37. The van der Waals surface area contributed by atoms with Gasteiger partial charge in [-0.15, -0.1) is 0 Å². The fourth-order valence-electron chi connectivity index (χ4n) is 4.06. The molecule has 0 aromatic heterocycles. The Morgan fingerprint density at radius 2 is 1.19 bits per heavy atom. The molecule has 0 aliphatic carbocycles. The van der Waals surface area contributed by atoms with Crippen LogP contribution >= 0.6 is 0 Å². The highest BCUT2D eigenvalue weighted by Crippen LogP contribution is 2.36. The molecule has 0 N–H and O–H groups in total. The molecule has 1 atom stereocenters. The van der Waals surface area contributed by atoms with E-state index in [-0.39, 0.29) is 11.1 Å². The van der Waals surface area contributed by atoms with Crippen molar-refractivity contribution in [3.63, 3.8) is 0 Å². The van der Waals surface area contributed by atoms with Crippen LogP contribution in [0.2, 0.25) is 18.1 Å². The number of benzene rings is 1. The van der Waals surface area contributed by atoms with E-state index in [0.717, 1.165) is 13.0 Å². The molecule has 1 unspecified atom stereocenters. The largest absolute Gasteiger partial charge is 0.414 e. The van der Waals surface area contributed by atoms with Gasteiger partial charge in [0, 0.05) is 6.61 Å². The van der Waals surface area contributed by atoms with Crippen molar-refractivity contribution in [2.24, 2.45) is 0 Å². The summed E-state index contributed by atoms with van der Waals surface area (Å²) in [6, 6.07) is 10.4. The maximum absolute atomic E-state index is 6.46. The number of hydrogen-bond donors (Lipinski definition) is 0. The van der Waals surface area contributed by atoms with E-state index in [0.29, 0.717) is 19.8 Å². The fraction of sp³-hybridized carbons (Fsp3) is 0.812. The molecule has 4 heteroatoms. The molecule has 0 amide bonds. The summed E-state index contributed by atoms with van der Waals surface area (Å²) in [5.74, 6) is 0. The SMILES string of the molecule is CCCCCCCCCCCCCCCCOCC(CO[Si](C)(C)C(C)(C)C)OCc1ccccc1. The zero-order valence-corrected chi connectivity index (χ0v) is 25.9. The van der Waals surface area contributed by atoms with Crippen molar-refractivity contribution in [1.29, 1.82) is 0 Å². The minimum absolute atomic E-state index is 0.0222. The first-order chi connectivity index (χ1) is 17.3. The quantitative estimate of drug-likeness (QED) is 0.106. The third-order valence-electron chi connectivity index (χ3n) is 7.71. The maximum atomic E-state index is 6.46. The molecular formula is C32H60O3Si. The van der Waals surface area contributed by atoms with Crippen LogP contribution in [-0.4, -0.2) is 34.2 Å².